The fourth-order valence-electron chi connectivity index (χ4n) is 3.17. The van der Waals surface area contributed by atoms with Gasteiger partial charge in [0.2, 0.25) is 5.91 Å². The number of ether oxygens (including phenoxy) is 2. The van der Waals surface area contributed by atoms with E-state index in [0.29, 0.717) is 57.1 Å². The van der Waals surface area contributed by atoms with E-state index in [2.05, 4.69) is 25.6 Å². The molecule has 2 heterocycles. The lowest BCUT2D eigenvalue weighted by molar-refractivity contribution is -0.115. The molecule has 35 heavy (non-hydrogen) atoms. The number of carbonyl (C=O) groups is 1. The number of benzene rings is 2. The van der Waals surface area contributed by atoms with Crippen LogP contribution in [0, 0.1) is 11.6 Å². The van der Waals surface area contributed by atoms with Crippen LogP contribution in [0.3, 0.4) is 0 Å². The van der Waals surface area contributed by atoms with Crippen LogP contribution in [-0.4, -0.2) is 40.5 Å². The van der Waals surface area contributed by atoms with Gasteiger partial charge in [0.15, 0.2) is 28.3 Å². The average Bonchev–Trinajstić information content (AvgIpc) is 3.28. The molecule has 4 aromatic rings. The lowest BCUT2D eigenvalue weighted by Gasteiger charge is -2.13. The molecule has 2 aromatic carbocycles. The predicted molar refractivity (Wildman–Crippen MR) is 131 cm³/mol. The number of aromatic nitrogens is 3. The summed E-state index contributed by atoms with van der Waals surface area (Å²) in [6, 6.07) is 7.12. The minimum Gasteiger partial charge on any atom is -0.493 e. The number of methoxy groups -OCH3 is 1. The van der Waals surface area contributed by atoms with Crippen molar-refractivity contribution in [3.63, 3.8) is 0 Å². The van der Waals surface area contributed by atoms with Crippen LogP contribution < -0.4 is 20.1 Å². The standard InChI is InChI=1S/C23H20ClF2N5O3S/c1-33-18-9-14-17(10-19(18)34-7-3-6-24)28-12-29-22(14)31-23-27-11-13(35-23)8-20(32)30-16-5-2-4-15(25)21(16)26/h2,4-5,9-12H,3,6-8H2,1H3,(H,30,32)(H,27,28,29,31). The predicted octanol–water partition coefficient (Wildman–Crippen LogP) is 5.31. The molecule has 0 bridgehead atoms. The van der Waals surface area contributed by atoms with E-state index in [9.17, 15) is 13.6 Å². The van der Waals surface area contributed by atoms with Gasteiger partial charge in [-0.2, -0.15) is 0 Å². The molecule has 0 aliphatic rings. The van der Waals surface area contributed by atoms with E-state index >= 15 is 0 Å². The summed E-state index contributed by atoms with van der Waals surface area (Å²) in [7, 11) is 1.54. The molecule has 0 aliphatic carbocycles. The highest BCUT2D eigenvalue weighted by Crippen LogP contribution is 2.35. The number of anilines is 3. The first-order valence-corrected chi connectivity index (χ1v) is 11.8. The average molecular weight is 520 g/mol. The Balaban J connectivity index is 1.48. The highest BCUT2D eigenvalue weighted by Gasteiger charge is 2.15. The van der Waals surface area contributed by atoms with Crippen LogP contribution in [0.25, 0.3) is 10.9 Å². The minimum absolute atomic E-state index is 0.0589. The van der Waals surface area contributed by atoms with Gasteiger partial charge < -0.3 is 20.1 Å². The normalized spacial score (nSPS) is 10.9. The van der Waals surface area contributed by atoms with Crippen LogP contribution in [0.15, 0.2) is 42.9 Å². The third-order valence-electron chi connectivity index (χ3n) is 4.80. The summed E-state index contributed by atoms with van der Waals surface area (Å²) in [6.07, 6.45) is 3.58. The van der Waals surface area contributed by atoms with E-state index in [1.807, 2.05) is 0 Å². The Hall–Kier alpha value is -3.57. The molecule has 0 unspecified atom stereocenters. The number of nitrogens with one attached hydrogen (secondary N) is 2. The van der Waals surface area contributed by atoms with Crippen molar-refractivity contribution < 1.29 is 23.0 Å². The second-order valence-corrected chi connectivity index (χ2v) is 8.71. The molecule has 2 N–H and O–H groups in total. The summed E-state index contributed by atoms with van der Waals surface area (Å²) in [4.78, 5) is 25.8. The number of nitrogens with zero attached hydrogens (tertiary/aromatic N) is 3. The molecular weight excluding hydrogens is 500 g/mol. The highest BCUT2D eigenvalue weighted by atomic mass is 35.5. The van der Waals surface area contributed by atoms with Crippen LogP contribution in [0.5, 0.6) is 11.5 Å². The van der Waals surface area contributed by atoms with Gasteiger partial charge in [0.05, 0.1) is 31.3 Å². The third-order valence-corrected chi connectivity index (χ3v) is 5.98. The largest absolute Gasteiger partial charge is 0.493 e. The Morgan fingerprint density at radius 2 is 2.03 bits per heavy atom. The van der Waals surface area contributed by atoms with Crippen molar-refractivity contribution in [1.82, 2.24) is 15.0 Å². The summed E-state index contributed by atoms with van der Waals surface area (Å²) in [5, 5.41) is 6.68. The maximum absolute atomic E-state index is 13.8. The van der Waals surface area contributed by atoms with E-state index in [-0.39, 0.29) is 12.1 Å². The number of carbonyl (C=O) groups excluding carboxylic acids is 1. The van der Waals surface area contributed by atoms with E-state index in [0.717, 1.165) is 6.07 Å². The number of halogens is 3. The quantitative estimate of drug-likeness (QED) is 0.216. The van der Waals surface area contributed by atoms with Gasteiger partial charge in [-0.25, -0.2) is 23.7 Å². The van der Waals surface area contributed by atoms with Crippen molar-refractivity contribution in [2.75, 3.05) is 30.2 Å². The molecule has 4 rings (SSSR count). The van der Waals surface area contributed by atoms with Gasteiger partial charge in [0, 0.05) is 28.4 Å². The van der Waals surface area contributed by atoms with Gasteiger partial charge in [-0.05, 0) is 24.6 Å². The summed E-state index contributed by atoms with van der Waals surface area (Å²) < 4.78 is 38.3. The zero-order valence-electron chi connectivity index (χ0n) is 18.5. The molecule has 0 spiro atoms. The van der Waals surface area contributed by atoms with Crippen molar-refractivity contribution in [1.29, 1.82) is 0 Å². The lowest BCUT2D eigenvalue weighted by atomic mass is 10.2. The molecule has 0 radical (unpaired) electrons. The fraction of sp³-hybridized carbons (Fsp3) is 0.217. The Morgan fingerprint density at radius 3 is 2.83 bits per heavy atom. The summed E-state index contributed by atoms with van der Waals surface area (Å²) in [6.45, 7) is 0.447. The minimum atomic E-state index is -1.11. The second-order valence-electron chi connectivity index (χ2n) is 7.22. The van der Waals surface area contributed by atoms with E-state index in [1.165, 1.54) is 36.0 Å². The molecule has 182 valence electrons. The highest BCUT2D eigenvalue weighted by molar-refractivity contribution is 7.15. The molecule has 0 saturated heterocycles. The number of alkyl halides is 1. The zero-order valence-corrected chi connectivity index (χ0v) is 20.1. The van der Waals surface area contributed by atoms with Crippen LogP contribution >= 0.6 is 22.9 Å². The maximum Gasteiger partial charge on any atom is 0.229 e. The van der Waals surface area contributed by atoms with Gasteiger partial charge in [0.1, 0.15) is 12.1 Å². The van der Waals surface area contributed by atoms with Gasteiger partial charge >= 0.3 is 0 Å². The summed E-state index contributed by atoms with van der Waals surface area (Å²) in [5.74, 6) is -0.582. The van der Waals surface area contributed by atoms with Gasteiger partial charge in [0.25, 0.3) is 0 Å². The van der Waals surface area contributed by atoms with Crippen molar-refractivity contribution in [3.8, 4) is 11.5 Å². The molecular formula is C23H20ClF2N5O3S. The molecule has 0 aliphatic heterocycles. The van der Waals surface area contributed by atoms with Crippen LogP contribution in [0.2, 0.25) is 0 Å². The third kappa shape index (κ3) is 5.92. The number of fused-ring (bicyclic) bond motifs is 1. The maximum atomic E-state index is 13.8. The molecule has 1 amide bonds. The van der Waals surface area contributed by atoms with E-state index in [1.54, 1.807) is 19.2 Å². The molecule has 2 aromatic heterocycles. The Morgan fingerprint density at radius 1 is 1.17 bits per heavy atom. The van der Waals surface area contributed by atoms with Crippen molar-refractivity contribution in [3.05, 3.63) is 59.4 Å². The number of rotatable bonds is 10. The second kappa shape index (κ2) is 11.2. The smallest absolute Gasteiger partial charge is 0.229 e. The number of hydrogen-bond acceptors (Lipinski definition) is 8. The van der Waals surface area contributed by atoms with E-state index in [4.69, 9.17) is 21.1 Å². The number of amides is 1. The molecule has 12 heteroatoms. The monoisotopic (exact) mass is 519 g/mol. The van der Waals surface area contributed by atoms with Crippen molar-refractivity contribution in [2.45, 2.75) is 12.8 Å². The lowest BCUT2D eigenvalue weighted by Crippen LogP contribution is -2.15. The van der Waals surface area contributed by atoms with Gasteiger partial charge in [-0.3, -0.25) is 4.79 Å². The van der Waals surface area contributed by atoms with Gasteiger partial charge in [-0.1, -0.05) is 6.07 Å². The Kier molecular flexibility index (Phi) is 7.88. The van der Waals surface area contributed by atoms with Crippen molar-refractivity contribution in [2.24, 2.45) is 0 Å². The molecule has 0 atom stereocenters. The number of thiazole rings is 1. The topological polar surface area (TPSA) is 98.3 Å². The fourth-order valence-corrected chi connectivity index (χ4v) is 4.09. The SMILES string of the molecule is COc1cc2c(Nc3ncc(CC(=O)Nc4cccc(F)c4F)s3)ncnc2cc1OCCCCl. The van der Waals surface area contributed by atoms with Crippen LogP contribution in [-0.2, 0) is 11.2 Å². The van der Waals surface area contributed by atoms with Crippen LogP contribution in [0.1, 0.15) is 11.3 Å². The molecule has 0 saturated carbocycles. The molecule has 0 fully saturated rings. The zero-order chi connectivity index (χ0) is 24.8. The first kappa shape index (κ1) is 24.6. The van der Waals surface area contributed by atoms with Gasteiger partial charge in [-0.15, -0.1) is 22.9 Å². The Bertz CT molecular complexity index is 1350. The van der Waals surface area contributed by atoms with E-state index < -0.39 is 17.5 Å². The van der Waals surface area contributed by atoms with Crippen LogP contribution in [0.4, 0.5) is 25.4 Å². The Labute approximate surface area is 208 Å². The molecule has 8 nitrogen and oxygen atoms in total. The van der Waals surface area contributed by atoms with Crippen molar-refractivity contribution >= 4 is 56.4 Å². The summed E-state index contributed by atoms with van der Waals surface area (Å²) in [5.41, 5.74) is 0.419. The summed E-state index contributed by atoms with van der Waals surface area (Å²) >= 11 is 6.95. The first-order valence-electron chi connectivity index (χ1n) is 10.5. The first-order chi connectivity index (χ1) is 17.0. The number of hydrogen-bond donors (Lipinski definition) is 2.